The van der Waals surface area contributed by atoms with Crippen molar-refractivity contribution < 1.29 is 17.4 Å². The molecule has 0 radical (unpaired) electrons. The van der Waals surface area contributed by atoms with E-state index >= 15 is 0 Å². The Morgan fingerprint density at radius 2 is 1.72 bits per heavy atom. The summed E-state index contributed by atoms with van der Waals surface area (Å²) in [5, 5.41) is 0.677. The maximum atomic E-state index is 13.5. The molecule has 39 heavy (non-hydrogen) atoms. The molecular formula is C26H32Cl2N3O4PS3. The molecule has 0 amide bonds. The molecule has 13 heteroatoms. The number of nitrogens with one attached hydrogen (secondary N) is 1. The van der Waals surface area contributed by atoms with E-state index < -0.39 is 19.8 Å². The summed E-state index contributed by atoms with van der Waals surface area (Å²) in [5.74, 6) is 0.218. The molecule has 0 aliphatic carbocycles. The summed E-state index contributed by atoms with van der Waals surface area (Å²) in [6.45, 7) is 8.26. The lowest BCUT2D eigenvalue weighted by Gasteiger charge is -2.23. The Morgan fingerprint density at radius 3 is 2.28 bits per heavy atom. The molecule has 0 aliphatic heterocycles. The van der Waals surface area contributed by atoms with Crippen molar-refractivity contribution in [1.29, 1.82) is 0 Å². The molecule has 0 fully saturated rings. The number of halogens is 2. The van der Waals surface area contributed by atoms with Crippen molar-refractivity contribution in [2.75, 3.05) is 17.8 Å². The average molecular weight is 649 g/mol. The van der Waals surface area contributed by atoms with Gasteiger partial charge in [0.1, 0.15) is 11.5 Å². The van der Waals surface area contributed by atoms with Crippen molar-refractivity contribution in [3.05, 3.63) is 70.3 Å². The molecule has 0 spiro atoms. The van der Waals surface area contributed by atoms with Gasteiger partial charge in [-0.25, -0.2) is 13.4 Å². The largest absolute Gasteiger partial charge is 0.305 e. The highest BCUT2D eigenvalue weighted by molar-refractivity contribution is 8.46. The summed E-state index contributed by atoms with van der Waals surface area (Å²) < 4.78 is 43.5. The Bertz CT molecular complexity index is 1500. The number of pyridine rings is 1. The van der Waals surface area contributed by atoms with Gasteiger partial charge in [-0.05, 0) is 78.7 Å². The van der Waals surface area contributed by atoms with Crippen LogP contribution in [0.3, 0.4) is 0 Å². The van der Waals surface area contributed by atoms with Crippen LogP contribution in [0.15, 0.2) is 74.2 Å². The van der Waals surface area contributed by atoms with Gasteiger partial charge in [0.2, 0.25) is 10.0 Å². The number of thiol groups is 1. The maximum absolute atomic E-state index is 13.5. The van der Waals surface area contributed by atoms with Crippen LogP contribution >= 0.6 is 43.4 Å². The summed E-state index contributed by atoms with van der Waals surface area (Å²) in [6, 6.07) is 14.6. The van der Waals surface area contributed by atoms with Crippen molar-refractivity contribution in [2.45, 2.75) is 53.7 Å². The molecule has 1 atom stereocenters. The fraction of sp³-hybridized carbons (Fsp3) is 0.308. The zero-order valence-corrected chi connectivity index (χ0v) is 27.2. The lowest BCUT2D eigenvalue weighted by Crippen LogP contribution is -2.30. The number of carbonyl (C=O) groups is 1. The molecule has 0 aliphatic rings. The van der Waals surface area contributed by atoms with Gasteiger partial charge < -0.3 is 4.72 Å². The number of aromatic nitrogens is 1. The Labute approximate surface area is 248 Å². The zero-order valence-electron chi connectivity index (χ0n) is 22.0. The number of rotatable bonds is 12. The molecule has 0 bridgehead atoms. The Balaban J connectivity index is 1.93. The lowest BCUT2D eigenvalue weighted by molar-refractivity contribution is 0.0960. The predicted molar refractivity (Wildman–Crippen MR) is 166 cm³/mol. The molecular weight excluding hydrogens is 616 g/mol. The Hall–Kier alpha value is -1.52. The van der Waals surface area contributed by atoms with E-state index in [9.17, 15) is 17.4 Å². The van der Waals surface area contributed by atoms with E-state index in [1.54, 1.807) is 62.4 Å². The number of hydrogen-bond acceptors (Lipinski definition) is 6. The Morgan fingerprint density at radius 1 is 1.08 bits per heavy atom. The minimum Gasteiger partial charge on any atom is -0.305 e. The van der Waals surface area contributed by atoms with Crippen LogP contribution in [0.2, 0.25) is 10.0 Å². The van der Waals surface area contributed by atoms with Gasteiger partial charge >= 0.3 is 0 Å². The molecule has 2 aromatic carbocycles. The lowest BCUT2D eigenvalue weighted by atomic mass is 10.0. The molecule has 3 rings (SSSR count). The summed E-state index contributed by atoms with van der Waals surface area (Å²) in [6.07, 6.45) is 0.284. The number of ketones is 1. The van der Waals surface area contributed by atoms with Gasteiger partial charge in [-0.15, -0.1) is 0 Å². The van der Waals surface area contributed by atoms with E-state index in [2.05, 4.69) is 18.1 Å². The first kappa shape index (κ1) is 32.0. The van der Waals surface area contributed by atoms with Crippen LogP contribution in [-0.2, 0) is 19.8 Å². The van der Waals surface area contributed by atoms with Gasteiger partial charge in [-0.2, -0.15) is 4.31 Å². The third-order valence-corrected chi connectivity index (χ3v) is 12.3. The first-order valence-corrected chi connectivity index (χ1v) is 18.6. The molecule has 1 unspecified atom stereocenters. The van der Waals surface area contributed by atoms with E-state index in [-0.39, 0.29) is 39.6 Å². The fourth-order valence-electron chi connectivity index (χ4n) is 3.76. The van der Waals surface area contributed by atoms with Gasteiger partial charge in [0, 0.05) is 34.3 Å². The highest BCUT2D eigenvalue weighted by Crippen LogP contribution is 2.36. The summed E-state index contributed by atoms with van der Waals surface area (Å²) in [4.78, 5) is 19.7. The topological polar surface area (TPSA) is 96.4 Å². The molecule has 3 aromatic rings. The first-order chi connectivity index (χ1) is 18.3. The van der Waals surface area contributed by atoms with Gasteiger partial charge in [-0.1, -0.05) is 62.7 Å². The van der Waals surface area contributed by atoms with E-state index in [0.717, 1.165) is 4.90 Å². The smallest absolute Gasteiger partial charge is 0.243 e. The molecule has 212 valence electrons. The minimum absolute atomic E-state index is 0.110. The van der Waals surface area contributed by atoms with Crippen molar-refractivity contribution in [3.63, 3.8) is 0 Å². The number of carbonyl (C=O) groups excluding carboxylic acids is 1. The third-order valence-electron chi connectivity index (χ3n) is 5.66. The number of hydrogen-bond donors (Lipinski definition) is 2. The van der Waals surface area contributed by atoms with Gasteiger partial charge in [0.05, 0.1) is 14.8 Å². The maximum Gasteiger partial charge on any atom is 0.243 e. The average Bonchev–Trinajstić information content (AvgIpc) is 2.85. The van der Waals surface area contributed by atoms with Crippen LogP contribution in [0.25, 0.3) is 0 Å². The summed E-state index contributed by atoms with van der Waals surface area (Å²) in [7, 11) is -4.56. The molecule has 1 aromatic heterocycles. The van der Waals surface area contributed by atoms with E-state index in [4.69, 9.17) is 23.2 Å². The van der Waals surface area contributed by atoms with Crippen molar-refractivity contribution in [3.8, 4) is 0 Å². The zero-order chi connectivity index (χ0) is 29.0. The fourth-order valence-corrected chi connectivity index (χ4v) is 9.50. The molecule has 1 heterocycles. The molecule has 0 saturated heterocycles. The second-order valence-electron chi connectivity index (χ2n) is 9.09. The number of Topliss-reactive ketones (excluding diaryl/α,β-unsaturated/α-hetero) is 1. The van der Waals surface area contributed by atoms with Crippen LogP contribution in [-0.4, -0.2) is 40.8 Å². The van der Waals surface area contributed by atoms with Crippen molar-refractivity contribution in [2.24, 2.45) is 5.92 Å². The number of sulfonamides is 1. The Kier molecular flexibility index (Phi) is 11.0. The summed E-state index contributed by atoms with van der Waals surface area (Å²) in [5.41, 5.74) is 0.241. The van der Waals surface area contributed by atoms with Crippen LogP contribution in [0.1, 0.15) is 44.6 Å². The number of anilines is 1. The van der Waals surface area contributed by atoms with Crippen LogP contribution in [0.4, 0.5) is 5.82 Å². The molecule has 0 saturated carbocycles. The summed E-state index contributed by atoms with van der Waals surface area (Å²) >= 11 is 13.6. The van der Waals surface area contributed by atoms with Gasteiger partial charge in [-0.3, -0.25) is 9.00 Å². The van der Waals surface area contributed by atoms with E-state index in [1.165, 1.54) is 22.1 Å². The predicted octanol–water partition coefficient (Wildman–Crippen LogP) is 6.99. The van der Waals surface area contributed by atoms with Gasteiger partial charge in [0.25, 0.3) is 0 Å². The molecule has 1 N–H and O–H groups in total. The minimum atomic E-state index is -3.57. The third kappa shape index (κ3) is 8.03. The van der Waals surface area contributed by atoms with Crippen molar-refractivity contribution in [1.82, 2.24) is 9.29 Å². The second kappa shape index (κ2) is 13.4. The van der Waals surface area contributed by atoms with E-state index in [1.807, 2.05) is 13.8 Å². The quantitative estimate of drug-likeness (QED) is 0.125. The highest BCUT2D eigenvalue weighted by Gasteiger charge is 2.23. The normalized spacial score (nSPS) is 12.6. The number of benzene rings is 2. The first-order valence-electron chi connectivity index (χ1n) is 12.2. The number of nitrogens with zero attached hydrogens (tertiary/aromatic N) is 2. The van der Waals surface area contributed by atoms with Crippen LogP contribution in [0.5, 0.6) is 0 Å². The van der Waals surface area contributed by atoms with Crippen molar-refractivity contribution >= 4 is 74.8 Å². The van der Waals surface area contributed by atoms with E-state index in [0.29, 0.717) is 27.9 Å². The van der Waals surface area contributed by atoms with Gasteiger partial charge in [0.15, 0.2) is 5.78 Å². The SMILES string of the molecule is CCN(CC)S(=O)(=O)c1ccc(Sc2ccc(N[SH](=O)(P)c3ccc(Cl)cc3Cl)nc2C(=O)CC(C)C)cc1. The second-order valence-corrected chi connectivity index (χ2v) is 17.2. The highest BCUT2D eigenvalue weighted by atomic mass is 35.5. The van der Waals surface area contributed by atoms with Crippen LogP contribution in [0, 0.1) is 5.92 Å². The standard InChI is InChI=1S/C26H32Cl2N3O4PS3/c1-5-31(6-2)39(34,35)20-10-8-19(9-11-20)37-23-12-14-25(29-26(23)22(32)15-17(3)4)30-38(33,36)24-13-7-18(27)16-21(24)28/h7-14,16-17,38H,5-6,15,36H2,1-4H3,(H,29,30,33). The van der Waals surface area contributed by atoms with Crippen LogP contribution < -0.4 is 4.72 Å². The molecule has 7 nitrogen and oxygen atoms in total. The monoisotopic (exact) mass is 647 g/mol.